The summed E-state index contributed by atoms with van der Waals surface area (Å²) < 4.78 is 13.5. The van der Waals surface area contributed by atoms with Crippen LogP contribution in [0.25, 0.3) is 31.7 Å². The first kappa shape index (κ1) is 21.9. The third-order valence-electron chi connectivity index (χ3n) is 7.16. The molecule has 2 aliphatic carbocycles. The molecule has 182 valence electrons. The number of fused-ring (bicyclic) bond motifs is 3. The van der Waals surface area contributed by atoms with Crippen LogP contribution in [0.5, 0.6) is 11.5 Å². The minimum Gasteiger partial charge on any atom is -0.505 e. The standard InChI is InChI=1S/C27H22ClN3O4S/c1-34-21-9-17(13-2-3-13)19(8-18(21)14-4-5-14)25-30-26-22(16-6-7-20(28)23(32)24(16)36-26)27(33)31(25)11-15-10-29-12-35-15/h6-10,12-14,32H,2-5,11H2,1H3. The first-order valence-electron chi connectivity index (χ1n) is 12.0. The van der Waals surface area contributed by atoms with Crippen molar-refractivity contribution in [1.29, 1.82) is 0 Å². The number of benzene rings is 2. The number of phenols is 1. The van der Waals surface area contributed by atoms with Crippen LogP contribution >= 0.6 is 22.9 Å². The van der Waals surface area contributed by atoms with Crippen LogP contribution in [0.4, 0.5) is 0 Å². The average molecular weight is 520 g/mol. The van der Waals surface area contributed by atoms with Crippen LogP contribution in [-0.2, 0) is 6.54 Å². The number of ether oxygens (including phenoxy) is 1. The SMILES string of the molecule is COc1cc(C2CC2)c(-c2nc3sc4c(O)c(Cl)ccc4c3c(=O)n2Cc2cnco2)cc1C1CC1. The van der Waals surface area contributed by atoms with Gasteiger partial charge in [-0.1, -0.05) is 17.7 Å². The molecule has 7 rings (SSSR count). The Bertz CT molecular complexity index is 1720. The van der Waals surface area contributed by atoms with Gasteiger partial charge in [0.2, 0.25) is 0 Å². The smallest absolute Gasteiger partial charge is 0.263 e. The van der Waals surface area contributed by atoms with Gasteiger partial charge >= 0.3 is 0 Å². The zero-order chi connectivity index (χ0) is 24.6. The number of halogens is 1. The highest BCUT2D eigenvalue weighted by molar-refractivity contribution is 7.25. The van der Waals surface area contributed by atoms with Gasteiger partial charge in [-0.15, -0.1) is 11.3 Å². The average Bonchev–Trinajstić information content (AvgIpc) is 3.81. The summed E-state index contributed by atoms with van der Waals surface area (Å²) in [6.07, 6.45) is 7.44. The second-order valence-corrected chi connectivity index (χ2v) is 11.0. The lowest BCUT2D eigenvalue weighted by atomic mass is 9.96. The molecule has 0 radical (unpaired) electrons. The molecule has 7 nitrogen and oxygen atoms in total. The number of methoxy groups -OCH3 is 1. The van der Waals surface area contributed by atoms with Crippen LogP contribution in [0.1, 0.15) is 54.4 Å². The van der Waals surface area contributed by atoms with E-state index in [1.807, 2.05) is 0 Å². The normalized spacial score (nSPS) is 15.7. The Labute approximate surface area is 214 Å². The minimum absolute atomic E-state index is 0.0287. The number of nitrogens with zero attached hydrogens (tertiary/aromatic N) is 3. The van der Waals surface area contributed by atoms with E-state index < -0.39 is 0 Å². The number of phenolic OH excluding ortho intramolecular Hbond substituents is 1. The van der Waals surface area contributed by atoms with Gasteiger partial charge in [-0.25, -0.2) is 9.97 Å². The Balaban J connectivity index is 1.55. The predicted octanol–water partition coefficient (Wildman–Crippen LogP) is 6.44. The molecule has 2 fully saturated rings. The molecule has 0 amide bonds. The summed E-state index contributed by atoms with van der Waals surface area (Å²) in [4.78, 5) is 23.8. The molecular formula is C27H22ClN3O4S. The van der Waals surface area contributed by atoms with Crippen molar-refractivity contribution in [2.45, 2.75) is 44.1 Å². The fourth-order valence-electron chi connectivity index (χ4n) is 5.04. The number of thiophene rings is 1. The molecular weight excluding hydrogens is 498 g/mol. The Morgan fingerprint density at radius 2 is 1.97 bits per heavy atom. The molecule has 1 N–H and O–H groups in total. The number of aromatic hydroxyl groups is 1. The number of aromatic nitrogens is 3. The fourth-order valence-corrected chi connectivity index (χ4v) is 6.36. The van der Waals surface area contributed by atoms with Crippen LogP contribution in [0.2, 0.25) is 5.02 Å². The van der Waals surface area contributed by atoms with Gasteiger partial charge in [-0.3, -0.25) is 9.36 Å². The molecule has 3 heterocycles. The maximum Gasteiger partial charge on any atom is 0.263 e. The third kappa shape index (κ3) is 3.43. The van der Waals surface area contributed by atoms with E-state index >= 15 is 0 Å². The lowest BCUT2D eigenvalue weighted by Crippen LogP contribution is -2.24. The molecule has 2 saturated carbocycles. The van der Waals surface area contributed by atoms with Crippen molar-refractivity contribution in [3.63, 3.8) is 0 Å². The predicted molar refractivity (Wildman–Crippen MR) is 140 cm³/mol. The van der Waals surface area contributed by atoms with E-state index in [2.05, 4.69) is 17.1 Å². The summed E-state index contributed by atoms with van der Waals surface area (Å²) in [5.41, 5.74) is 3.09. The highest BCUT2D eigenvalue weighted by Crippen LogP contribution is 2.51. The molecule has 36 heavy (non-hydrogen) atoms. The van der Waals surface area contributed by atoms with Gasteiger partial charge in [0, 0.05) is 10.9 Å². The zero-order valence-electron chi connectivity index (χ0n) is 19.5. The molecule has 0 aliphatic heterocycles. The lowest BCUT2D eigenvalue weighted by Gasteiger charge is -2.18. The van der Waals surface area contributed by atoms with Crippen molar-refractivity contribution in [1.82, 2.24) is 14.5 Å². The first-order valence-corrected chi connectivity index (χ1v) is 13.2. The van der Waals surface area contributed by atoms with E-state index in [9.17, 15) is 9.90 Å². The van der Waals surface area contributed by atoms with E-state index in [0.717, 1.165) is 42.6 Å². The Morgan fingerprint density at radius 3 is 2.67 bits per heavy atom. The van der Waals surface area contributed by atoms with Crippen molar-refractivity contribution in [3.05, 3.63) is 69.1 Å². The number of hydrogen-bond acceptors (Lipinski definition) is 7. The van der Waals surface area contributed by atoms with Crippen molar-refractivity contribution < 1.29 is 14.3 Å². The molecule has 0 bridgehead atoms. The van der Waals surface area contributed by atoms with E-state index in [-0.39, 0.29) is 22.9 Å². The zero-order valence-corrected chi connectivity index (χ0v) is 21.0. The molecule has 0 unspecified atom stereocenters. The van der Waals surface area contributed by atoms with Crippen LogP contribution < -0.4 is 10.3 Å². The maximum atomic E-state index is 14.1. The number of hydrogen-bond donors (Lipinski definition) is 1. The molecule has 0 atom stereocenters. The van der Waals surface area contributed by atoms with E-state index in [0.29, 0.717) is 43.7 Å². The summed E-state index contributed by atoms with van der Waals surface area (Å²) in [5, 5.41) is 12.0. The lowest BCUT2D eigenvalue weighted by molar-refractivity contribution is 0.409. The Kier molecular flexibility index (Phi) is 4.91. The first-order chi connectivity index (χ1) is 17.5. The molecule has 3 aromatic heterocycles. The minimum atomic E-state index is -0.190. The van der Waals surface area contributed by atoms with Crippen molar-refractivity contribution >= 4 is 43.2 Å². The van der Waals surface area contributed by atoms with E-state index in [1.165, 1.54) is 23.3 Å². The van der Waals surface area contributed by atoms with Gasteiger partial charge < -0.3 is 14.3 Å². The molecule has 0 spiro atoms. The monoisotopic (exact) mass is 519 g/mol. The molecule has 0 saturated heterocycles. The van der Waals surface area contributed by atoms with Gasteiger partial charge in [0.1, 0.15) is 22.2 Å². The summed E-state index contributed by atoms with van der Waals surface area (Å²) in [7, 11) is 1.72. The quantitative estimate of drug-likeness (QED) is 0.278. The van der Waals surface area contributed by atoms with Gasteiger partial charge in [-0.05, 0) is 66.8 Å². The molecule has 2 aliphatic rings. The number of oxazole rings is 1. The van der Waals surface area contributed by atoms with Crippen LogP contribution in [0, 0.1) is 0 Å². The van der Waals surface area contributed by atoms with Crippen LogP contribution in [-0.4, -0.2) is 26.8 Å². The van der Waals surface area contributed by atoms with Gasteiger partial charge in [0.15, 0.2) is 12.1 Å². The fraction of sp³-hybridized carbons (Fsp3) is 0.296. The summed E-state index contributed by atoms with van der Waals surface area (Å²) in [6, 6.07) is 7.70. The second-order valence-electron chi connectivity index (χ2n) is 9.58. The summed E-state index contributed by atoms with van der Waals surface area (Å²) >= 11 is 7.46. The van der Waals surface area contributed by atoms with Gasteiger partial charge in [0.25, 0.3) is 5.56 Å². The second kappa shape index (κ2) is 8.08. The largest absolute Gasteiger partial charge is 0.505 e. The van der Waals surface area contributed by atoms with Gasteiger partial charge in [-0.2, -0.15) is 0 Å². The Morgan fingerprint density at radius 1 is 1.19 bits per heavy atom. The molecule has 2 aromatic carbocycles. The molecule has 5 aromatic rings. The maximum absolute atomic E-state index is 14.1. The van der Waals surface area contributed by atoms with E-state index in [1.54, 1.807) is 30.0 Å². The van der Waals surface area contributed by atoms with Gasteiger partial charge in [0.05, 0.1) is 35.0 Å². The van der Waals surface area contributed by atoms with Crippen LogP contribution in [0.3, 0.4) is 0 Å². The van der Waals surface area contributed by atoms with Crippen molar-refractivity contribution in [2.24, 2.45) is 0 Å². The highest BCUT2D eigenvalue weighted by atomic mass is 35.5. The third-order valence-corrected chi connectivity index (χ3v) is 8.57. The van der Waals surface area contributed by atoms with Crippen LogP contribution in [0.15, 0.2) is 46.1 Å². The topological polar surface area (TPSA) is 90.4 Å². The Hall–Kier alpha value is -3.36. The highest BCUT2D eigenvalue weighted by Gasteiger charge is 2.33. The van der Waals surface area contributed by atoms with E-state index in [4.69, 9.17) is 25.7 Å². The van der Waals surface area contributed by atoms with Crippen molar-refractivity contribution in [2.75, 3.05) is 7.11 Å². The summed E-state index contributed by atoms with van der Waals surface area (Å²) in [6.45, 7) is 0.197. The number of rotatable bonds is 6. The molecule has 9 heteroatoms. The van der Waals surface area contributed by atoms with Crippen molar-refractivity contribution in [3.8, 4) is 22.9 Å². The summed E-state index contributed by atoms with van der Waals surface area (Å²) in [5.74, 6) is 2.92.